The molecule has 0 spiro atoms. The number of nitrogens with one attached hydrogen (secondary N) is 1. The number of amides is 1. The number of benzene rings is 1. The van der Waals surface area contributed by atoms with Gasteiger partial charge in [0.15, 0.2) is 5.69 Å². The van der Waals surface area contributed by atoms with E-state index in [1.54, 1.807) is 0 Å². The van der Waals surface area contributed by atoms with Gasteiger partial charge in [-0.25, -0.2) is 0 Å². The van der Waals surface area contributed by atoms with E-state index in [2.05, 4.69) is 36.4 Å². The highest BCUT2D eigenvalue weighted by molar-refractivity contribution is 5.76. The van der Waals surface area contributed by atoms with E-state index in [1.165, 1.54) is 5.56 Å². The van der Waals surface area contributed by atoms with Crippen LogP contribution in [0.2, 0.25) is 0 Å². The van der Waals surface area contributed by atoms with Gasteiger partial charge in [-0.1, -0.05) is 45.0 Å². The summed E-state index contributed by atoms with van der Waals surface area (Å²) in [7, 11) is 0. The van der Waals surface area contributed by atoms with Gasteiger partial charge in [-0.05, 0) is 36.0 Å². The summed E-state index contributed by atoms with van der Waals surface area (Å²) in [5.74, 6) is 0.0982. The lowest BCUT2D eigenvalue weighted by Gasteiger charge is -2.19. The molecule has 4 nitrogen and oxygen atoms in total. The SMILES string of the molecule is CCC(C)c1ccc(C(CC)NC(=O)Cn2ccc(C(F)(F)F)n2)cc1. The first-order valence-corrected chi connectivity index (χ1v) is 8.74. The Hall–Kier alpha value is -2.31. The third kappa shape index (κ3) is 5.09. The highest BCUT2D eigenvalue weighted by atomic mass is 19.4. The predicted molar refractivity (Wildman–Crippen MR) is 93.6 cm³/mol. The van der Waals surface area contributed by atoms with Gasteiger partial charge in [0, 0.05) is 6.20 Å². The summed E-state index contributed by atoms with van der Waals surface area (Å²) >= 11 is 0. The average Bonchev–Trinajstić information content (AvgIpc) is 3.08. The first-order chi connectivity index (χ1) is 12.2. The number of hydrogen-bond donors (Lipinski definition) is 1. The lowest BCUT2D eigenvalue weighted by molar-refractivity contribution is -0.141. The molecule has 0 aliphatic heterocycles. The van der Waals surface area contributed by atoms with Crippen molar-refractivity contribution in [2.24, 2.45) is 0 Å². The zero-order chi connectivity index (χ0) is 19.3. The monoisotopic (exact) mass is 367 g/mol. The molecule has 1 aromatic carbocycles. The molecule has 2 atom stereocenters. The third-order valence-corrected chi connectivity index (χ3v) is 4.50. The molecule has 0 saturated heterocycles. The Labute approximate surface area is 151 Å². The summed E-state index contributed by atoms with van der Waals surface area (Å²) in [4.78, 5) is 12.2. The maximum atomic E-state index is 12.6. The van der Waals surface area contributed by atoms with Crippen LogP contribution in [0.4, 0.5) is 13.2 Å². The second-order valence-corrected chi connectivity index (χ2v) is 6.40. The molecule has 0 aliphatic carbocycles. The zero-order valence-corrected chi connectivity index (χ0v) is 15.2. The molecule has 1 heterocycles. The largest absolute Gasteiger partial charge is 0.435 e. The molecule has 2 aromatic rings. The standard InChI is InChI=1S/C19H24F3N3O/c1-4-13(3)14-6-8-15(9-7-14)16(5-2)23-18(26)12-25-11-10-17(24-25)19(20,21)22/h6-11,13,16H,4-5,12H2,1-3H3,(H,23,26). The van der Waals surface area contributed by atoms with Crippen LogP contribution in [0.25, 0.3) is 0 Å². The molecule has 0 radical (unpaired) electrons. The minimum atomic E-state index is -4.51. The lowest BCUT2D eigenvalue weighted by Crippen LogP contribution is -2.31. The smallest absolute Gasteiger partial charge is 0.348 e. The molecule has 0 saturated carbocycles. The molecule has 2 unspecified atom stereocenters. The van der Waals surface area contributed by atoms with Gasteiger partial charge < -0.3 is 5.32 Å². The normalized spacial score (nSPS) is 14.1. The van der Waals surface area contributed by atoms with Crippen LogP contribution in [0.15, 0.2) is 36.5 Å². The number of alkyl halides is 3. The van der Waals surface area contributed by atoms with E-state index < -0.39 is 11.9 Å². The van der Waals surface area contributed by atoms with Crippen molar-refractivity contribution in [1.29, 1.82) is 0 Å². The fourth-order valence-corrected chi connectivity index (χ4v) is 2.70. The summed E-state index contributed by atoms with van der Waals surface area (Å²) in [6.45, 7) is 5.99. The highest BCUT2D eigenvalue weighted by Gasteiger charge is 2.33. The van der Waals surface area contributed by atoms with Gasteiger partial charge in [-0.3, -0.25) is 9.48 Å². The number of aromatic nitrogens is 2. The second kappa shape index (κ2) is 8.38. The molecule has 1 aromatic heterocycles. The lowest BCUT2D eigenvalue weighted by atomic mass is 9.95. The van der Waals surface area contributed by atoms with Gasteiger partial charge in [0.05, 0.1) is 6.04 Å². The average molecular weight is 367 g/mol. The fraction of sp³-hybridized carbons (Fsp3) is 0.474. The van der Waals surface area contributed by atoms with Crippen molar-refractivity contribution in [3.63, 3.8) is 0 Å². The molecule has 142 valence electrons. The van der Waals surface area contributed by atoms with Gasteiger partial charge in [0.2, 0.25) is 5.91 Å². The number of halogens is 3. The predicted octanol–water partition coefficient (Wildman–Crippen LogP) is 4.68. The summed E-state index contributed by atoms with van der Waals surface area (Å²) in [6, 6.07) is 8.77. The summed E-state index contributed by atoms with van der Waals surface area (Å²) in [5, 5.41) is 6.26. The van der Waals surface area contributed by atoms with Gasteiger partial charge in [-0.15, -0.1) is 0 Å². The number of carbonyl (C=O) groups is 1. The number of rotatable bonds is 7. The Morgan fingerprint density at radius 2 is 1.73 bits per heavy atom. The zero-order valence-electron chi connectivity index (χ0n) is 15.2. The van der Waals surface area contributed by atoms with E-state index in [-0.39, 0.29) is 18.5 Å². The van der Waals surface area contributed by atoms with Crippen molar-refractivity contribution in [3.05, 3.63) is 53.3 Å². The minimum Gasteiger partial charge on any atom is -0.348 e. The van der Waals surface area contributed by atoms with Crippen molar-refractivity contribution in [3.8, 4) is 0 Å². The van der Waals surface area contributed by atoms with E-state index in [0.717, 1.165) is 28.9 Å². The van der Waals surface area contributed by atoms with Crippen molar-refractivity contribution in [1.82, 2.24) is 15.1 Å². The number of nitrogens with zero attached hydrogens (tertiary/aromatic N) is 2. The van der Waals surface area contributed by atoms with Crippen molar-refractivity contribution >= 4 is 5.91 Å². The quantitative estimate of drug-likeness (QED) is 0.772. The van der Waals surface area contributed by atoms with Crippen molar-refractivity contribution in [2.45, 2.75) is 58.3 Å². The molecular formula is C19H24F3N3O. The van der Waals surface area contributed by atoms with Crippen molar-refractivity contribution in [2.75, 3.05) is 0 Å². The van der Waals surface area contributed by atoms with Gasteiger partial charge in [0.1, 0.15) is 6.54 Å². The van der Waals surface area contributed by atoms with Crippen LogP contribution in [0.1, 0.15) is 62.4 Å². The third-order valence-electron chi connectivity index (χ3n) is 4.50. The number of hydrogen-bond acceptors (Lipinski definition) is 2. The minimum absolute atomic E-state index is 0.189. The van der Waals surface area contributed by atoms with E-state index in [0.29, 0.717) is 12.3 Å². The summed E-state index contributed by atoms with van der Waals surface area (Å²) in [5.41, 5.74) is 1.22. The maximum Gasteiger partial charge on any atom is 0.435 e. The van der Waals surface area contributed by atoms with Gasteiger partial charge in [0.25, 0.3) is 0 Å². The summed E-state index contributed by atoms with van der Waals surface area (Å²) in [6.07, 6.45) is -1.62. The van der Waals surface area contributed by atoms with Crippen LogP contribution in [0, 0.1) is 0 Å². The van der Waals surface area contributed by atoms with E-state index in [4.69, 9.17) is 0 Å². The van der Waals surface area contributed by atoms with Crippen LogP contribution in [0.3, 0.4) is 0 Å². The van der Waals surface area contributed by atoms with Crippen LogP contribution >= 0.6 is 0 Å². The molecule has 2 rings (SSSR count). The van der Waals surface area contributed by atoms with E-state index in [1.807, 2.05) is 19.1 Å². The molecule has 1 N–H and O–H groups in total. The Kier molecular flexibility index (Phi) is 6.45. The summed E-state index contributed by atoms with van der Waals surface area (Å²) < 4.78 is 38.7. The number of carbonyl (C=O) groups excluding carboxylic acids is 1. The first-order valence-electron chi connectivity index (χ1n) is 8.74. The van der Waals surface area contributed by atoms with Crippen molar-refractivity contribution < 1.29 is 18.0 Å². The van der Waals surface area contributed by atoms with Crippen LogP contribution in [-0.4, -0.2) is 15.7 Å². The first kappa shape index (κ1) is 20.0. The van der Waals surface area contributed by atoms with Crippen LogP contribution in [-0.2, 0) is 17.5 Å². The Morgan fingerprint density at radius 3 is 2.23 bits per heavy atom. The van der Waals surface area contributed by atoms with Crippen LogP contribution < -0.4 is 5.32 Å². The van der Waals surface area contributed by atoms with E-state index >= 15 is 0 Å². The Balaban J connectivity index is 2.00. The molecule has 0 aliphatic rings. The van der Waals surface area contributed by atoms with Crippen LogP contribution in [0.5, 0.6) is 0 Å². The topological polar surface area (TPSA) is 46.9 Å². The van der Waals surface area contributed by atoms with E-state index in [9.17, 15) is 18.0 Å². The molecule has 0 fully saturated rings. The molecule has 26 heavy (non-hydrogen) atoms. The maximum absolute atomic E-state index is 12.6. The highest BCUT2D eigenvalue weighted by Crippen LogP contribution is 2.27. The molecular weight excluding hydrogens is 343 g/mol. The van der Waals surface area contributed by atoms with Gasteiger partial charge in [-0.2, -0.15) is 18.3 Å². The second-order valence-electron chi connectivity index (χ2n) is 6.40. The Bertz CT molecular complexity index is 722. The fourth-order valence-electron chi connectivity index (χ4n) is 2.70. The van der Waals surface area contributed by atoms with Gasteiger partial charge >= 0.3 is 6.18 Å². The molecule has 7 heteroatoms. The molecule has 1 amide bonds. The molecule has 0 bridgehead atoms. The Morgan fingerprint density at radius 1 is 1.12 bits per heavy atom.